The molecule has 0 atom stereocenters. The van der Waals surface area contributed by atoms with Gasteiger partial charge in [0.15, 0.2) is 6.61 Å². The first-order valence-electron chi connectivity index (χ1n) is 8.25. The van der Waals surface area contributed by atoms with Gasteiger partial charge in [-0.2, -0.15) is 0 Å². The van der Waals surface area contributed by atoms with Gasteiger partial charge in [-0.15, -0.1) is 0 Å². The molecule has 0 radical (unpaired) electrons. The lowest BCUT2D eigenvalue weighted by molar-refractivity contribution is -0.118. The van der Waals surface area contributed by atoms with Crippen molar-refractivity contribution in [3.8, 4) is 5.75 Å². The largest absolute Gasteiger partial charge is 0.482 e. The molecule has 2 N–H and O–H groups in total. The molecular weight excluding hydrogens is 447 g/mol. The third-order valence-corrected chi connectivity index (χ3v) is 5.72. The predicted molar refractivity (Wildman–Crippen MR) is 112 cm³/mol. The van der Waals surface area contributed by atoms with E-state index < -0.39 is 15.9 Å². The average molecular weight is 466 g/mol. The van der Waals surface area contributed by atoms with Crippen LogP contribution in [0.5, 0.6) is 5.75 Å². The second-order valence-corrected chi connectivity index (χ2v) is 9.32. The van der Waals surface area contributed by atoms with Crippen molar-refractivity contribution < 1.29 is 17.9 Å². The number of carbonyl (C=O) groups excluding carboxylic acids is 1. The summed E-state index contributed by atoms with van der Waals surface area (Å²) in [5, 5.41) is 3.40. The van der Waals surface area contributed by atoms with Gasteiger partial charge in [0.1, 0.15) is 5.75 Å². The Bertz CT molecular complexity index is 965. The van der Waals surface area contributed by atoms with Crippen molar-refractivity contribution in [2.24, 2.45) is 5.92 Å². The SMILES string of the molecule is CC(C)CNS(=O)(=O)c1ccc(OCC(=O)Nc2ccc(Cl)cc2Cl)c(Cl)c1. The molecule has 0 aliphatic heterocycles. The number of rotatable bonds is 8. The monoisotopic (exact) mass is 464 g/mol. The molecule has 1 amide bonds. The summed E-state index contributed by atoms with van der Waals surface area (Å²) in [6.45, 7) is 3.77. The van der Waals surface area contributed by atoms with Crippen LogP contribution in [0.15, 0.2) is 41.3 Å². The maximum absolute atomic E-state index is 12.2. The van der Waals surface area contributed by atoms with E-state index in [9.17, 15) is 13.2 Å². The minimum Gasteiger partial charge on any atom is -0.482 e. The van der Waals surface area contributed by atoms with E-state index in [1.165, 1.54) is 24.3 Å². The normalized spacial score (nSPS) is 11.5. The zero-order valence-corrected chi connectivity index (χ0v) is 18.2. The molecule has 0 aliphatic carbocycles. The molecule has 0 unspecified atom stereocenters. The lowest BCUT2D eigenvalue weighted by Crippen LogP contribution is -2.27. The summed E-state index contributed by atoms with van der Waals surface area (Å²) in [4.78, 5) is 12.0. The number of anilines is 1. The van der Waals surface area contributed by atoms with Crippen LogP contribution in [0, 0.1) is 5.92 Å². The smallest absolute Gasteiger partial charge is 0.262 e. The van der Waals surface area contributed by atoms with Crippen LogP contribution in [0.2, 0.25) is 15.1 Å². The van der Waals surface area contributed by atoms with E-state index in [1.807, 2.05) is 13.8 Å². The number of halogens is 3. The van der Waals surface area contributed by atoms with Crippen molar-refractivity contribution in [1.82, 2.24) is 4.72 Å². The van der Waals surface area contributed by atoms with Crippen LogP contribution in [0.1, 0.15) is 13.8 Å². The van der Waals surface area contributed by atoms with Gasteiger partial charge < -0.3 is 10.1 Å². The van der Waals surface area contributed by atoms with Crippen LogP contribution in [0.4, 0.5) is 5.69 Å². The van der Waals surface area contributed by atoms with E-state index in [4.69, 9.17) is 39.5 Å². The van der Waals surface area contributed by atoms with Crippen LogP contribution in [-0.2, 0) is 14.8 Å². The molecule has 10 heteroatoms. The second kappa shape index (κ2) is 9.80. The summed E-state index contributed by atoms with van der Waals surface area (Å²) in [7, 11) is -3.67. The number of hydrogen-bond acceptors (Lipinski definition) is 4. The Kier molecular flexibility index (Phi) is 7.97. The maximum atomic E-state index is 12.2. The lowest BCUT2D eigenvalue weighted by Gasteiger charge is -2.12. The van der Waals surface area contributed by atoms with Gasteiger partial charge in [0.05, 0.1) is 20.6 Å². The highest BCUT2D eigenvalue weighted by atomic mass is 35.5. The molecule has 2 aromatic rings. The number of nitrogens with one attached hydrogen (secondary N) is 2. The Labute approximate surface area is 179 Å². The molecule has 2 aromatic carbocycles. The number of benzene rings is 2. The average Bonchev–Trinajstić information content (AvgIpc) is 2.61. The van der Waals surface area contributed by atoms with E-state index in [1.54, 1.807) is 12.1 Å². The highest BCUT2D eigenvalue weighted by Gasteiger charge is 2.17. The van der Waals surface area contributed by atoms with Gasteiger partial charge in [0.25, 0.3) is 5.91 Å². The minimum atomic E-state index is -3.67. The fourth-order valence-electron chi connectivity index (χ4n) is 2.05. The quantitative estimate of drug-likeness (QED) is 0.597. The van der Waals surface area contributed by atoms with Gasteiger partial charge in [-0.05, 0) is 42.3 Å². The highest BCUT2D eigenvalue weighted by Crippen LogP contribution is 2.28. The van der Waals surface area contributed by atoms with Crippen LogP contribution in [0.3, 0.4) is 0 Å². The van der Waals surface area contributed by atoms with Crippen LogP contribution >= 0.6 is 34.8 Å². The van der Waals surface area contributed by atoms with Crippen molar-refractivity contribution >= 4 is 56.4 Å². The molecule has 0 heterocycles. The van der Waals surface area contributed by atoms with E-state index >= 15 is 0 Å². The molecule has 6 nitrogen and oxygen atoms in total. The fourth-order valence-corrected chi connectivity index (χ4v) is 4.04. The Hall–Kier alpha value is -1.51. The summed E-state index contributed by atoms with van der Waals surface area (Å²) in [6.07, 6.45) is 0. The van der Waals surface area contributed by atoms with Crippen LogP contribution in [0.25, 0.3) is 0 Å². The van der Waals surface area contributed by atoms with Gasteiger partial charge in [-0.1, -0.05) is 48.7 Å². The zero-order valence-electron chi connectivity index (χ0n) is 15.1. The number of ether oxygens (including phenoxy) is 1. The third kappa shape index (κ3) is 6.53. The highest BCUT2D eigenvalue weighted by molar-refractivity contribution is 7.89. The van der Waals surface area contributed by atoms with Gasteiger partial charge in [0, 0.05) is 11.6 Å². The molecule has 0 aliphatic rings. The molecular formula is C18H19Cl3N2O4S. The zero-order chi connectivity index (χ0) is 20.9. The van der Waals surface area contributed by atoms with Crippen LogP contribution in [-0.4, -0.2) is 27.5 Å². The first-order chi connectivity index (χ1) is 13.1. The van der Waals surface area contributed by atoms with Gasteiger partial charge in [-0.25, -0.2) is 13.1 Å². The Morgan fingerprint density at radius 1 is 1.07 bits per heavy atom. The molecule has 0 saturated heterocycles. The predicted octanol–water partition coefficient (Wildman–Crippen LogP) is 4.60. The molecule has 0 spiro atoms. The van der Waals surface area contributed by atoms with Crippen molar-refractivity contribution in [3.05, 3.63) is 51.5 Å². The first-order valence-corrected chi connectivity index (χ1v) is 10.9. The number of carbonyl (C=O) groups is 1. The van der Waals surface area contributed by atoms with E-state index in [2.05, 4.69) is 10.0 Å². The summed E-state index contributed by atoms with van der Waals surface area (Å²) in [6, 6.07) is 8.69. The van der Waals surface area contributed by atoms with Gasteiger partial charge in [0.2, 0.25) is 10.0 Å². The summed E-state index contributed by atoms with van der Waals surface area (Å²) >= 11 is 17.9. The Morgan fingerprint density at radius 2 is 1.79 bits per heavy atom. The van der Waals surface area contributed by atoms with Crippen LogP contribution < -0.4 is 14.8 Å². The molecule has 0 bridgehead atoms. The summed E-state index contributed by atoms with van der Waals surface area (Å²) < 4.78 is 32.3. The Balaban J connectivity index is 2.00. The molecule has 28 heavy (non-hydrogen) atoms. The van der Waals surface area contributed by atoms with E-state index in [-0.39, 0.29) is 28.2 Å². The maximum Gasteiger partial charge on any atom is 0.262 e. The van der Waals surface area contributed by atoms with Crippen molar-refractivity contribution in [2.75, 3.05) is 18.5 Å². The van der Waals surface area contributed by atoms with Gasteiger partial charge >= 0.3 is 0 Å². The number of sulfonamides is 1. The van der Waals surface area contributed by atoms with E-state index in [0.29, 0.717) is 22.3 Å². The first kappa shape index (κ1) is 22.8. The molecule has 0 saturated carbocycles. The standard InChI is InChI=1S/C18H19Cl3N2O4S/c1-11(2)9-22-28(25,26)13-4-6-17(15(21)8-13)27-10-18(24)23-16-5-3-12(19)7-14(16)20/h3-8,11,22H,9-10H2,1-2H3,(H,23,24). The molecule has 2 rings (SSSR count). The second-order valence-electron chi connectivity index (χ2n) is 6.30. The van der Waals surface area contributed by atoms with Crippen molar-refractivity contribution in [1.29, 1.82) is 0 Å². The van der Waals surface area contributed by atoms with Crippen molar-refractivity contribution in [3.63, 3.8) is 0 Å². The minimum absolute atomic E-state index is 0.0166. The lowest BCUT2D eigenvalue weighted by atomic mass is 10.2. The van der Waals surface area contributed by atoms with E-state index in [0.717, 1.165) is 0 Å². The topological polar surface area (TPSA) is 84.5 Å². The molecule has 152 valence electrons. The van der Waals surface area contributed by atoms with Crippen molar-refractivity contribution in [2.45, 2.75) is 18.7 Å². The number of hydrogen-bond donors (Lipinski definition) is 2. The van der Waals surface area contributed by atoms with Gasteiger partial charge in [-0.3, -0.25) is 4.79 Å². The number of amides is 1. The fraction of sp³-hybridized carbons (Fsp3) is 0.278. The Morgan fingerprint density at radius 3 is 2.39 bits per heavy atom. The molecule has 0 aromatic heterocycles. The summed E-state index contributed by atoms with van der Waals surface area (Å²) in [5.41, 5.74) is 0.392. The molecule has 0 fully saturated rings. The third-order valence-electron chi connectivity index (χ3n) is 3.46. The summed E-state index contributed by atoms with van der Waals surface area (Å²) in [5.74, 6) is -0.113.